The molecule has 3 rings (SSSR count). The average molecular weight is 314 g/mol. The minimum Gasteiger partial charge on any atom is -0.354 e. The molecule has 5 nitrogen and oxygen atoms in total. The Morgan fingerprint density at radius 1 is 1.43 bits per heavy atom. The van der Waals surface area contributed by atoms with Gasteiger partial charge in [-0.3, -0.25) is 4.79 Å². The number of aromatic nitrogens is 2. The fraction of sp³-hybridized carbons (Fsp3) is 0.556. The summed E-state index contributed by atoms with van der Waals surface area (Å²) in [6.07, 6.45) is 4.04. The van der Waals surface area contributed by atoms with Crippen molar-refractivity contribution in [2.75, 3.05) is 6.54 Å². The number of carbonyl (C=O) groups is 1. The predicted octanol–water partition coefficient (Wildman–Crippen LogP) is 2.37. The molecule has 1 heterocycles. The first-order chi connectivity index (χ1) is 11.0. The standard InChI is InChI=1S/C18H26N4O/c1-13-21-15-8-3-4-9-16(15)22(13)12-11-20-17(23)14-7-5-6-10-18(14,2)19/h3-4,8-9,14H,5-7,10-12,19H2,1-2H3,(H,20,23). The Hall–Kier alpha value is -1.88. The van der Waals surface area contributed by atoms with E-state index in [0.717, 1.165) is 49.1 Å². The van der Waals surface area contributed by atoms with Crippen LogP contribution in [-0.4, -0.2) is 27.5 Å². The normalized spacial score (nSPS) is 24.7. The van der Waals surface area contributed by atoms with Gasteiger partial charge in [0.2, 0.25) is 5.91 Å². The number of amides is 1. The van der Waals surface area contributed by atoms with Crippen molar-refractivity contribution >= 4 is 16.9 Å². The third-order valence-corrected chi connectivity index (χ3v) is 5.05. The molecule has 1 aromatic heterocycles. The van der Waals surface area contributed by atoms with E-state index in [4.69, 9.17) is 5.73 Å². The van der Waals surface area contributed by atoms with Crippen LogP contribution >= 0.6 is 0 Å². The summed E-state index contributed by atoms with van der Waals surface area (Å²) in [4.78, 5) is 17.0. The number of nitrogens with two attached hydrogens (primary N) is 1. The first kappa shape index (κ1) is 16.0. The molecule has 124 valence electrons. The molecule has 0 saturated heterocycles. The maximum absolute atomic E-state index is 12.5. The molecular weight excluding hydrogens is 288 g/mol. The molecule has 0 spiro atoms. The van der Waals surface area contributed by atoms with Crippen LogP contribution in [0.4, 0.5) is 0 Å². The van der Waals surface area contributed by atoms with Gasteiger partial charge < -0.3 is 15.6 Å². The highest BCUT2D eigenvalue weighted by molar-refractivity contribution is 5.80. The van der Waals surface area contributed by atoms with Gasteiger partial charge in [-0.25, -0.2) is 4.98 Å². The number of fused-ring (bicyclic) bond motifs is 1. The molecule has 2 unspecified atom stereocenters. The van der Waals surface area contributed by atoms with Gasteiger partial charge in [0, 0.05) is 18.6 Å². The van der Waals surface area contributed by atoms with Gasteiger partial charge in [0.05, 0.1) is 17.0 Å². The maximum atomic E-state index is 12.5. The summed E-state index contributed by atoms with van der Waals surface area (Å²) >= 11 is 0. The number of rotatable bonds is 4. The lowest BCUT2D eigenvalue weighted by Gasteiger charge is -2.37. The van der Waals surface area contributed by atoms with E-state index in [-0.39, 0.29) is 17.4 Å². The molecule has 2 atom stereocenters. The van der Waals surface area contributed by atoms with Crippen molar-refractivity contribution in [2.24, 2.45) is 11.7 Å². The zero-order valence-corrected chi connectivity index (χ0v) is 14.0. The number of benzene rings is 1. The van der Waals surface area contributed by atoms with Gasteiger partial charge in [-0.15, -0.1) is 0 Å². The van der Waals surface area contributed by atoms with Crippen molar-refractivity contribution in [3.63, 3.8) is 0 Å². The lowest BCUT2D eigenvalue weighted by Crippen LogP contribution is -2.53. The Balaban J connectivity index is 1.62. The number of carbonyl (C=O) groups excluding carboxylic acids is 1. The summed E-state index contributed by atoms with van der Waals surface area (Å²) in [5.74, 6) is 0.996. The van der Waals surface area contributed by atoms with E-state index >= 15 is 0 Å². The highest BCUT2D eigenvalue weighted by Crippen LogP contribution is 2.31. The lowest BCUT2D eigenvalue weighted by atomic mass is 9.74. The fourth-order valence-corrected chi connectivity index (χ4v) is 3.68. The number of hydrogen-bond donors (Lipinski definition) is 2. The van der Waals surface area contributed by atoms with E-state index in [2.05, 4.69) is 20.9 Å². The molecule has 1 fully saturated rings. The SMILES string of the molecule is Cc1nc2ccccc2n1CCNC(=O)C1CCCCC1(C)N. The number of nitrogens with zero attached hydrogens (tertiary/aromatic N) is 2. The summed E-state index contributed by atoms with van der Waals surface area (Å²) in [6, 6.07) is 8.08. The molecule has 1 aliphatic rings. The molecular formula is C18H26N4O. The quantitative estimate of drug-likeness (QED) is 0.910. The number of nitrogens with one attached hydrogen (secondary N) is 1. The molecule has 1 aromatic carbocycles. The molecule has 1 aliphatic carbocycles. The molecule has 3 N–H and O–H groups in total. The minimum absolute atomic E-state index is 0.0723. The van der Waals surface area contributed by atoms with Crippen LogP contribution in [-0.2, 0) is 11.3 Å². The van der Waals surface area contributed by atoms with Gasteiger partial charge in [-0.1, -0.05) is 25.0 Å². The van der Waals surface area contributed by atoms with Gasteiger partial charge >= 0.3 is 0 Å². The average Bonchev–Trinajstić information content (AvgIpc) is 2.82. The van der Waals surface area contributed by atoms with Gasteiger partial charge in [-0.05, 0) is 38.8 Å². The second-order valence-corrected chi connectivity index (χ2v) is 6.89. The van der Waals surface area contributed by atoms with Gasteiger partial charge in [0.15, 0.2) is 0 Å². The van der Waals surface area contributed by atoms with Crippen LogP contribution in [0, 0.1) is 12.8 Å². The Kier molecular flexibility index (Phi) is 4.39. The Morgan fingerprint density at radius 3 is 3.00 bits per heavy atom. The summed E-state index contributed by atoms with van der Waals surface area (Å²) in [5.41, 5.74) is 8.05. The van der Waals surface area contributed by atoms with E-state index in [9.17, 15) is 4.79 Å². The maximum Gasteiger partial charge on any atom is 0.225 e. The zero-order chi connectivity index (χ0) is 16.4. The molecule has 0 aliphatic heterocycles. The number of imidazole rings is 1. The van der Waals surface area contributed by atoms with Crippen LogP contribution in [0.3, 0.4) is 0 Å². The predicted molar refractivity (Wildman–Crippen MR) is 92.0 cm³/mol. The molecule has 1 amide bonds. The summed E-state index contributed by atoms with van der Waals surface area (Å²) in [7, 11) is 0. The lowest BCUT2D eigenvalue weighted by molar-refractivity contribution is -0.128. The summed E-state index contributed by atoms with van der Waals surface area (Å²) in [5, 5.41) is 3.07. The second-order valence-electron chi connectivity index (χ2n) is 6.89. The topological polar surface area (TPSA) is 72.9 Å². The van der Waals surface area contributed by atoms with Gasteiger partial charge in [-0.2, -0.15) is 0 Å². The van der Waals surface area contributed by atoms with Crippen molar-refractivity contribution in [3.05, 3.63) is 30.1 Å². The van der Waals surface area contributed by atoms with E-state index in [0.29, 0.717) is 6.54 Å². The molecule has 0 radical (unpaired) electrons. The minimum atomic E-state index is -0.375. The van der Waals surface area contributed by atoms with Crippen LogP contribution < -0.4 is 11.1 Å². The van der Waals surface area contributed by atoms with Gasteiger partial charge in [0.25, 0.3) is 0 Å². The molecule has 1 saturated carbocycles. The fourth-order valence-electron chi connectivity index (χ4n) is 3.68. The van der Waals surface area contributed by atoms with E-state index in [1.54, 1.807) is 0 Å². The Labute approximate surface area is 137 Å². The number of aryl methyl sites for hydroxylation is 1. The van der Waals surface area contributed by atoms with E-state index in [1.807, 2.05) is 32.0 Å². The summed E-state index contributed by atoms with van der Waals surface area (Å²) in [6.45, 7) is 5.34. The van der Waals surface area contributed by atoms with Crippen molar-refractivity contribution in [1.82, 2.24) is 14.9 Å². The molecule has 2 aromatic rings. The first-order valence-corrected chi connectivity index (χ1v) is 8.47. The first-order valence-electron chi connectivity index (χ1n) is 8.47. The van der Waals surface area contributed by atoms with Crippen LogP contribution in [0.15, 0.2) is 24.3 Å². The largest absolute Gasteiger partial charge is 0.354 e. The van der Waals surface area contributed by atoms with Crippen molar-refractivity contribution in [2.45, 2.75) is 51.6 Å². The van der Waals surface area contributed by atoms with Crippen LogP contribution in [0.25, 0.3) is 11.0 Å². The molecule has 5 heteroatoms. The Bertz CT molecular complexity index is 704. The highest BCUT2D eigenvalue weighted by Gasteiger charge is 2.37. The third kappa shape index (κ3) is 3.24. The highest BCUT2D eigenvalue weighted by atomic mass is 16.1. The van der Waals surface area contributed by atoms with Crippen LogP contribution in [0.1, 0.15) is 38.4 Å². The molecule has 0 bridgehead atoms. The van der Waals surface area contributed by atoms with Crippen molar-refractivity contribution in [3.8, 4) is 0 Å². The van der Waals surface area contributed by atoms with Crippen molar-refractivity contribution in [1.29, 1.82) is 0 Å². The molecule has 23 heavy (non-hydrogen) atoms. The number of para-hydroxylation sites is 2. The third-order valence-electron chi connectivity index (χ3n) is 5.05. The number of hydrogen-bond acceptors (Lipinski definition) is 3. The zero-order valence-electron chi connectivity index (χ0n) is 14.0. The monoisotopic (exact) mass is 314 g/mol. The van der Waals surface area contributed by atoms with E-state index in [1.165, 1.54) is 0 Å². The van der Waals surface area contributed by atoms with Gasteiger partial charge in [0.1, 0.15) is 5.82 Å². The van der Waals surface area contributed by atoms with E-state index < -0.39 is 0 Å². The summed E-state index contributed by atoms with van der Waals surface area (Å²) < 4.78 is 2.15. The van der Waals surface area contributed by atoms with Crippen LogP contribution in [0.5, 0.6) is 0 Å². The second kappa shape index (κ2) is 6.32. The van der Waals surface area contributed by atoms with Crippen molar-refractivity contribution < 1.29 is 4.79 Å². The van der Waals surface area contributed by atoms with Crippen LogP contribution in [0.2, 0.25) is 0 Å². The smallest absolute Gasteiger partial charge is 0.225 e. The Morgan fingerprint density at radius 2 is 2.22 bits per heavy atom.